The van der Waals surface area contributed by atoms with Crippen molar-refractivity contribution in [2.75, 3.05) is 11.1 Å². The van der Waals surface area contributed by atoms with Crippen LogP contribution >= 0.6 is 27.5 Å². The number of rotatable bonds is 2. The summed E-state index contributed by atoms with van der Waals surface area (Å²) in [7, 11) is 0. The van der Waals surface area contributed by atoms with E-state index in [-0.39, 0.29) is 5.91 Å². The molecule has 0 fully saturated rings. The van der Waals surface area contributed by atoms with Crippen LogP contribution in [0.1, 0.15) is 15.2 Å². The van der Waals surface area contributed by atoms with Gasteiger partial charge in [-0.1, -0.05) is 4.49 Å². The molecular formula is C10H9BrN4OS. The molecule has 0 spiro atoms. The molecule has 17 heavy (non-hydrogen) atoms. The normalized spacial score (nSPS) is 10.2. The van der Waals surface area contributed by atoms with Crippen LogP contribution in [0.25, 0.3) is 0 Å². The van der Waals surface area contributed by atoms with Crippen LogP contribution < -0.4 is 11.1 Å². The van der Waals surface area contributed by atoms with Gasteiger partial charge in [-0.25, -0.2) is 0 Å². The van der Waals surface area contributed by atoms with Crippen LogP contribution in [-0.2, 0) is 0 Å². The van der Waals surface area contributed by atoms with Gasteiger partial charge in [-0.15, -0.1) is 5.10 Å². The molecule has 0 saturated carbocycles. The number of carbonyl (C=O) groups is 1. The van der Waals surface area contributed by atoms with E-state index in [1.54, 1.807) is 6.07 Å². The maximum atomic E-state index is 11.8. The maximum absolute atomic E-state index is 11.8. The van der Waals surface area contributed by atoms with E-state index in [2.05, 4.69) is 30.8 Å². The molecule has 1 aromatic carbocycles. The Balaban J connectivity index is 2.28. The van der Waals surface area contributed by atoms with E-state index in [4.69, 9.17) is 5.73 Å². The lowest BCUT2D eigenvalue weighted by atomic mass is 10.2. The minimum atomic E-state index is -0.267. The first kappa shape index (κ1) is 12.0. The lowest BCUT2D eigenvalue weighted by Gasteiger charge is -2.10. The van der Waals surface area contributed by atoms with Gasteiger partial charge in [0.25, 0.3) is 5.91 Å². The number of nitrogens with two attached hydrogens (primary N) is 1. The summed E-state index contributed by atoms with van der Waals surface area (Å²) in [5.41, 5.74) is 7.95. The van der Waals surface area contributed by atoms with Crippen molar-refractivity contribution < 1.29 is 4.79 Å². The summed E-state index contributed by atoms with van der Waals surface area (Å²) in [5.74, 6) is -0.267. The molecule has 2 aromatic rings. The standard InChI is InChI=1S/C10H9BrN4OS/c1-5-2-6(11)9(7(12)3-5)14-10(16)8-4-13-15-17-8/h2-4H,12H2,1H3,(H,14,16). The van der Waals surface area contributed by atoms with E-state index in [0.717, 1.165) is 21.6 Å². The van der Waals surface area contributed by atoms with Crippen LogP contribution in [0.5, 0.6) is 0 Å². The number of anilines is 2. The topological polar surface area (TPSA) is 80.9 Å². The second kappa shape index (κ2) is 4.80. The number of benzene rings is 1. The van der Waals surface area contributed by atoms with Crippen molar-refractivity contribution in [1.82, 2.24) is 9.59 Å². The molecule has 0 aliphatic heterocycles. The van der Waals surface area contributed by atoms with Crippen LogP contribution in [0, 0.1) is 6.92 Å². The van der Waals surface area contributed by atoms with Crippen molar-refractivity contribution in [2.45, 2.75) is 6.92 Å². The molecule has 88 valence electrons. The molecule has 5 nitrogen and oxygen atoms in total. The predicted molar refractivity (Wildman–Crippen MR) is 71.2 cm³/mol. The van der Waals surface area contributed by atoms with Gasteiger partial charge in [0, 0.05) is 4.47 Å². The largest absolute Gasteiger partial charge is 0.397 e. The van der Waals surface area contributed by atoms with Crippen molar-refractivity contribution in [1.29, 1.82) is 0 Å². The first-order valence-electron chi connectivity index (χ1n) is 4.72. The summed E-state index contributed by atoms with van der Waals surface area (Å²) < 4.78 is 4.38. The fraction of sp³-hybridized carbons (Fsp3) is 0.100. The quantitative estimate of drug-likeness (QED) is 0.835. The summed E-state index contributed by atoms with van der Waals surface area (Å²) in [6, 6.07) is 3.68. The van der Waals surface area contributed by atoms with Crippen LogP contribution in [0.2, 0.25) is 0 Å². The zero-order chi connectivity index (χ0) is 12.4. The zero-order valence-electron chi connectivity index (χ0n) is 8.90. The smallest absolute Gasteiger partial charge is 0.269 e. The molecule has 0 bridgehead atoms. The molecule has 0 saturated heterocycles. The summed E-state index contributed by atoms with van der Waals surface area (Å²) in [6.07, 6.45) is 1.41. The number of halogens is 1. The van der Waals surface area contributed by atoms with Crippen molar-refractivity contribution >= 4 is 44.7 Å². The van der Waals surface area contributed by atoms with E-state index < -0.39 is 0 Å². The molecule has 1 heterocycles. The number of carbonyl (C=O) groups excluding carboxylic acids is 1. The summed E-state index contributed by atoms with van der Waals surface area (Å²) in [4.78, 5) is 12.2. The third kappa shape index (κ3) is 2.62. The first-order chi connectivity index (χ1) is 8.08. The number of aromatic nitrogens is 2. The van der Waals surface area contributed by atoms with Crippen LogP contribution in [-0.4, -0.2) is 15.5 Å². The fourth-order valence-electron chi connectivity index (χ4n) is 1.34. The second-order valence-electron chi connectivity index (χ2n) is 3.45. The molecule has 7 heteroatoms. The Labute approximate surface area is 110 Å². The van der Waals surface area contributed by atoms with Gasteiger partial charge in [0.1, 0.15) is 4.88 Å². The number of nitrogen functional groups attached to an aromatic ring is 1. The highest BCUT2D eigenvalue weighted by molar-refractivity contribution is 9.10. The minimum absolute atomic E-state index is 0.267. The Morgan fingerprint density at radius 1 is 1.53 bits per heavy atom. The highest BCUT2D eigenvalue weighted by atomic mass is 79.9. The Morgan fingerprint density at radius 3 is 2.88 bits per heavy atom. The molecule has 3 N–H and O–H groups in total. The Morgan fingerprint density at radius 2 is 2.29 bits per heavy atom. The summed E-state index contributed by atoms with van der Waals surface area (Å²) in [5, 5.41) is 6.34. The molecule has 0 radical (unpaired) electrons. The average Bonchev–Trinajstić information content (AvgIpc) is 2.76. The van der Waals surface area contributed by atoms with Gasteiger partial charge in [-0.05, 0) is 52.1 Å². The average molecular weight is 313 g/mol. The first-order valence-corrected chi connectivity index (χ1v) is 6.29. The lowest BCUT2D eigenvalue weighted by molar-refractivity contribution is 0.103. The maximum Gasteiger partial charge on any atom is 0.269 e. The van der Waals surface area contributed by atoms with Gasteiger partial charge in [0.05, 0.1) is 17.6 Å². The van der Waals surface area contributed by atoms with E-state index >= 15 is 0 Å². The minimum Gasteiger partial charge on any atom is -0.397 e. The number of nitrogens with one attached hydrogen (secondary N) is 1. The SMILES string of the molecule is Cc1cc(N)c(NC(=O)c2cnns2)c(Br)c1. The molecule has 0 aliphatic rings. The van der Waals surface area contributed by atoms with Crippen LogP contribution in [0.3, 0.4) is 0 Å². The second-order valence-corrected chi connectivity index (χ2v) is 5.09. The Bertz CT molecular complexity index is 532. The van der Waals surface area contributed by atoms with E-state index in [1.807, 2.05) is 13.0 Å². The molecule has 0 atom stereocenters. The molecular weight excluding hydrogens is 304 g/mol. The van der Waals surface area contributed by atoms with Gasteiger partial charge in [0.15, 0.2) is 0 Å². The van der Waals surface area contributed by atoms with Crippen LogP contribution in [0.4, 0.5) is 11.4 Å². The Kier molecular flexibility index (Phi) is 3.39. The number of hydrogen-bond donors (Lipinski definition) is 2. The number of aryl methyl sites for hydroxylation is 1. The van der Waals surface area contributed by atoms with Gasteiger partial charge < -0.3 is 11.1 Å². The molecule has 0 unspecified atom stereocenters. The van der Waals surface area contributed by atoms with Gasteiger partial charge in [0.2, 0.25) is 0 Å². The Hall–Kier alpha value is -1.47. The van der Waals surface area contributed by atoms with Crippen molar-refractivity contribution in [3.05, 3.63) is 33.2 Å². The third-order valence-electron chi connectivity index (χ3n) is 2.09. The predicted octanol–water partition coefficient (Wildman–Crippen LogP) is 2.44. The van der Waals surface area contributed by atoms with E-state index in [1.165, 1.54) is 6.20 Å². The van der Waals surface area contributed by atoms with Gasteiger partial charge in [-0.3, -0.25) is 4.79 Å². The van der Waals surface area contributed by atoms with Crippen molar-refractivity contribution in [2.24, 2.45) is 0 Å². The number of hydrogen-bond acceptors (Lipinski definition) is 5. The summed E-state index contributed by atoms with van der Waals surface area (Å²) in [6.45, 7) is 1.93. The zero-order valence-corrected chi connectivity index (χ0v) is 11.3. The molecule has 0 aliphatic carbocycles. The fourth-order valence-corrected chi connectivity index (χ4v) is 2.44. The van der Waals surface area contributed by atoms with Crippen molar-refractivity contribution in [3.8, 4) is 0 Å². The molecule has 1 aromatic heterocycles. The number of nitrogens with zero attached hydrogens (tertiary/aromatic N) is 2. The van der Waals surface area contributed by atoms with E-state index in [0.29, 0.717) is 16.3 Å². The lowest BCUT2D eigenvalue weighted by Crippen LogP contribution is -2.12. The highest BCUT2D eigenvalue weighted by Crippen LogP contribution is 2.30. The van der Waals surface area contributed by atoms with Crippen LogP contribution in [0.15, 0.2) is 22.8 Å². The third-order valence-corrected chi connectivity index (χ3v) is 3.38. The molecule has 1 amide bonds. The summed E-state index contributed by atoms with van der Waals surface area (Å²) >= 11 is 4.40. The van der Waals surface area contributed by atoms with Gasteiger partial charge >= 0.3 is 0 Å². The highest BCUT2D eigenvalue weighted by Gasteiger charge is 2.13. The number of amides is 1. The van der Waals surface area contributed by atoms with Gasteiger partial charge in [-0.2, -0.15) is 0 Å². The van der Waals surface area contributed by atoms with E-state index in [9.17, 15) is 4.79 Å². The monoisotopic (exact) mass is 312 g/mol. The molecule has 2 rings (SSSR count). The van der Waals surface area contributed by atoms with Crippen molar-refractivity contribution in [3.63, 3.8) is 0 Å².